The van der Waals surface area contributed by atoms with E-state index in [9.17, 15) is 9.59 Å². The van der Waals surface area contributed by atoms with E-state index in [0.29, 0.717) is 29.9 Å². The maximum absolute atomic E-state index is 12.6. The fourth-order valence-electron chi connectivity index (χ4n) is 3.43. The van der Waals surface area contributed by atoms with E-state index < -0.39 is 0 Å². The van der Waals surface area contributed by atoms with Crippen LogP contribution in [0.25, 0.3) is 0 Å². The molecule has 4 rings (SSSR count). The lowest BCUT2D eigenvalue weighted by Gasteiger charge is -2.22. The van der Waals surface area contributed by atoms with E-state index in [-0.39, 0.29) is 18.4 Å². The summed E-state index contributed by atoms with van der Waals surface area (Å²) in [5.41, 5.74) is 4.40. The number of amides is 2. The number of rotatable bonds is 4. The molecule has 6 heteroatoms. The number of benzene rings is 3. The van der Waals surface area contributed by atoms with Gasteiger partial charge in [-0.1, -0.05) is 42.5 Å². The number of carbonyl (C=O) groups is 2. The van der Waals surface area contributed by atoms with Gasteiger partial charge in [-0.05, 0) is 41.5 Å². The number of anilines is 2. The third kappa shape index (κ3) is 4.31. The Bertz CT molecular complexity index is 1140. The molecule has 0 aromatic heterocycles. The van der Waals surface area contributed by atoms with Crippen LogP contribution in [0.15, 0.2) is 72.8 Å². The van der Waals surface area contributed by atoms with Crippen LogP contribution in [0.4, 0.5) is 11.4 Å². The predicted octanol–water partition coefficient (Wildman–Crippen LogP) is 3.45. The molecule has 3 aromatic rings. The van der Waals surface area contributed by atoms with Gasteiger partial charge in [0, 0.05) is 30.0 Å². The summed E-state index contributed by atoms with van der Waals surface area (Å²) >= 11 is 0. The van der Waals surface area contributed by atoms with Gasteiger partial charge in [-0.2, -0.15) is 5.26 Å². The highest BCUT2D eigenvalue weighted by Gasteiger charge is 2.21. The van der Waals surface area contributed by atoms with E-state index in [4.69, 9.17) is 5.26 Å². The molecule has 0 radical (unpaired) electrons. The van der Waals surface area contributed by atoms with Crippen LogP contribution in [0.5, 0.6) is 0 Å². The van der Waals surface area contributed by atoms with E-state index in [2.05, 4.69) is 16.7 Å². The predicted molar refractivity (Wildman–Crippen MR) is 115 cm³/mol. The average Bonchev–Trinajstić information content (AvgIpc) is 2.95. The van der Waals surface area contributed by atoms with E-state index in [1.807, 2.05) is 47.4 Å². The standard InChI is InChI=1S/C24H20N4O2/c25-13-18-7-4-8-21(11-18)28-15-20-10-9-19(12-22(20)27-23(29)16-28)24(30)26-14-17-5-2-1-3-6-17/h1-12H,14-16H2,(H,26,30)(H,27,29). The molecule has 0 atom stereocenters. The SMILES string of the molecule is N#Cc1cccc(N2CC(=O)Nc3cc(C(=O)NCc4ccccc4)ccc3C2)c1. The van der Waals surface area contributed by atoms with Gasteiger partial charge in [0.1, 0.15) is 0 Å². The molecule has 2 amide bonds. The Hall–Kier alpha value is -4.11. The number of nitrogens with zero attached hydrogens (tertiary/aromatic N) is 2. The zero-order chi connectivity index (χ0) is 20.9. The first-order valence-electron chi connectivity index (χ1n) is 9.62. The molecular weight excluding hydrogens is 376 g/mol. The molecule has 148 valence electrons. The molecule has 1 heterocycles. The molecule has 0 bridgehead atoms. The second kappa shape index (κ2) is 8.50. The summed E-state index contributed by atoms with van der Waals surface area (Å²) in [5, 5.41) is 14.9. The van der Waals surface area contributed by atoms with Crippen LogP contribution in [0.2, 0.25) is 0 Å². The van der Waals surface area contributed by atoms with Gasteiger partial charge in [0.2, 0.25) is 5.91 Å². The van der Waals surface area contributed by atoms with Crippen molar-refractivity contribution in [3.8, 4) is 6.07 Å². The molecule has 30 heavy (non-hydrogen) atoms. The third-order valence-corrected chi connectivity index (χ3v) is 4.98. The van der Waals surface area contributed by atoms with Crippen molar-refractivity contribution in [2.45, 2.75) is 13.1 Å². The Morgan fingerprint density at radius 3 is 2.67 bits per heavy atom. The second-order valence-corrected chi connectivity index (χ2v) is 7.11. The fourth-order valence-corrected chi connectivity index (χ4v) is 3.43. The molecule has 0 saturated carbocycles. The van der Waals surface area contributed by atoms with Gasteiger partial charge in [0.15, 0.2) is 0 Å². The van der Waals surface area contributed by atoms with Crippen LogP contribution in [0.3, 0.4) is 0 Å². The Kier molecular flexibility index (Phi) is 5.44. The largest absolute Gasteiger partial charge is 0.358 e. The summed E-state index contributed by atoms with van der Waals surface area (Å²) in [4.78, 5) is 26.9. The lowest BCUT2D eigenvalue weighted by atomic mass is 10.1. The van der Waals surface area contributed by atoms with Gasteiger partial charge in [0.05, 0.1) is 18.2 Å². The van der Waals surface area contributed by atoms with Crippen molar-refractivity contribution >= 4 is 23.2 Å². The van der Waals surface area contributed by atoms with Crippen molar-refractivity contribution in [1.82, 2.24) is 5.32 Å². The molecule has 1 aliphatic rings. The summed E-state index contributed by atoms with van der Waals surface area (Å²) < 4.78 is 0. The van der Waals surface area contributed by atoms with E-state index in [0.717, 1.165) is 16.8 Å². The lowest BCUT2D eigenvalue weighted by molar-refractivity contribution is -0.114. The molecule has 0 spiro atoms. The summed E-state index contributed by atoms with van der Waals surface area (Å²) in [6.07, 6.45) is 0. The highest BCUT2D eigenvalue weighted by Crippen LogP contribution is 2.26. The number of carbonyl (C=O) groups excluding carboxylic acids is 2. The van der Waals surface area contributed by atoms with Gasteiger partial charge in [0.25, 0.3) is 5.91 Å². The zero-order valence-corrected chi connectivity index (χ0v) is 16.3. The summed E-state index contributed by atoms with van der Waals surface area (Å²) in [7, 11) is 0. The van der Waals surface area contributed by atoms with Crippen LogP contribution >= 0.6 is 0 Å². The number of nitriles is 1. The van der Waals surface area contributed by atoms with Crippen molar-refractivity contribution in [1.29, 1.82) is 5.26 Å². The summed E-state index contributed by atoms with van der Waals surface area (Å²) in [6, 6.07) is 24.3. The average molecular weight is 396 g/mol. The second-order valence-electron chi connectivity index (χ2n) is 7.11. The first kappa shape index (κ1) is 19.2. The third-order valence-electron chi connectivity index (χ3n) is 4.98. The lowest BCUT2D eigenvalue weighted by Crippen LogP contribution is -2.29. The topological polar surface area (TPSA) is 85.2 Å². The van der Waals surface area contributed by atoms with E-state index in [1.54, 1.807) is 30.3 Å². The first-order chi connectivity index (χ1) is 14.6. The molecule has 0 saturated heterocycles. The van der Waals surface area contributed by atoms with Crippen molar-refractivity contribution in [2.24, 2.45) is 0 Å². The molecule has 2 N–H and O–H groups in total. The van der Waals surface area contributed by atoms with Gasteiger partial charge in [-0.3, -0.25) is 9.59 Å². The molecule has 3 aromatic carbocycles. The van der Waals surface area contributed by atoms with Crippen LogP contribution in [-0.4, -0.2) is 18.4 Å². The van der Waals surface area contributed by atoms with Gasteiger partial charge in [-0.15, -0.1) is 0 Å². The number of hydrogen-bond donors (Lipinski definition) is 2. The minimum atomic E-state index is -0.196. The zero-order valence-electron chi connectivity index (χ0n) is 16.3. The van der Waals surface area contributed by atoms with Crippen molar-refractivity contribution in [2.75, 3.05) is 16.8 Å². The maximum atomic E-state index is 12.6. The number of nitrogens with one attached hydrogen (secondary N) is 2. The van der Waals surface area contributed by atoms with Crippen LogP contribution in [0.1, 0.15) is 27.0 Å². The van der Waals surface area contributed by atoms with Gasteiger partial charge < -0.3 is 15.5 Å². The van der Waals surface area contributed by atoms with Crippen LogP contribution in [0, 0.1) is 11.3 Å². The Balaban J connectivity index is 1.53. The van der Waals surface area contributed by atoms with Crippen LogP contribution < -0.4 is 15.5 Å². The van der Waals surface area contributed by atoms with Gasteiger partial charge in [-0.25, -0.2) is 0 Å². The molecule has 0 unspecified atom stereocenters. The smallest absolute Gasteiger partial charge is 0.251 e. The summed E-state index contributed by atoms with van der Waals surface area (Å²) in [5.74, 6) is -0.364. The minimum absolute atomic E-state index is 0.166. The van der Waals surface area contributed by atoms with Crippen molar-refractivity contribution in [3.05, 3.63) is 95.1 Å². The number of hydrogen-bond acceptors (Lipinski definition) is 4. The van der Waals surface area contributed by atoms with Crippen molar-refractivity contribution in [3.63, 3.8) is 0 Å². The van der Waals surface area contributed by atoms with Crippen LogP contribution in [-0.2, 0) is 17.9 Å². The quantitative estimate of drug-likeness (QED) is 0.707. The molecule has 0 aliphatic carbocycles. The molecule has 6 nitrogen and oxygen atoms in total. The normalized spacial score (nSPS) is 12.9. The Morgan fingerprint density at radius 1 is 1.03 bits per heavy atom. The van der Waals surface area contributed by atoms with Gasteiger partial charge >= 0.3 is 0 Å². The maximum Gasteiger partial charge on any atom is 0.251 e. The highest BCUT2D eigenvalue weighted by molar-refractivity contribution is 5.99. The van der Waals surface area contributed by atoms with Crippen molar-refractivity contribution < 1.29 is 9.59 Å². The fraction of sp³-hybridized carbons (Fsp3) is 0.125. The Labute approximate surface area is 174 Å². The minimum Gasteiger partial charge on any atom is -0.358 e. The first-order valence-corrected chi connectivity index (χ1v) is 9.62. The monoisotopic (exact) mass is 396 g/mol. The molecule has 0 fully saturated rings. The van der Waals surface area contributed by atoms with E-state index >= 15 is 0 Å². The highest BCUT2D eigenvalue weighted by atomic mass is 16.2. The molecular formula is C24H20N4O2. The number of fused-ring (bicyclic) bond motifs is 1. The Morgan fingerprint density at radius 2 is 1.87 bits per heavy atom. The summed E-state index contributed by atoms with van der Waals surface area (Å²) in [6.45, 7) is 1.10. The molecule has 1 aliphatic heterocycles. The van der Waals surface area contributed by atoms with E-state index in [1.165, 1.54) is 0 Å².